The number of nitrogens with two attached hydrogens (primary N) is 1. The number of benzene rings is 1. The molecule has 0 atom stereocenters. The van der Waals surface area contributed by atoms with Gasteiger partial charge in [0.1, 0.15) is 5.76 Å². The molecule has 0 saturated carbocycles. The molecule has 1 aromatic heterocycles. The van der Waals surface area contributed by atoms with E-state index in [0.717, 1.165) is 22.2 Å². The minimum Gasteiger partial charge on any atom is -0.445 e. The van der Waals surface area contributed by atoms with Crippen molar-refractivity contribution in [3.8, 4) is 0 Å². The first kappa shape index (κ1) is 12.3. The number of anilines is 1. The lowest BCUT2D eigenvalue weighted by molar-refractivity contribution is 0.489. The molecule has 0 aliphatic rings. The van der Waals surface area contributed by atoms with Crippen molar-refractivity contribution >= 4 is 29.1 Å². The van der Waals surface area contributed by atoms with E-state index in [-0.39, 0.29) is 0 Å². The van der Waals surface area contributed by atoms with Gasteiger partial charge in [-0.15, -0.1) is 11.8 Å². The van der Waals surface area contributed by atoms with Gasteiger partial charge in [0.05, 0.1) is 22.2 Å². The minimum atomic E-state index is 0.578. The summed E-state index contributed by atoms with van der Waals surface area (Å²) in [5.74, 6) is 2.29. The van der Waals surface area contributed by atoms with Crippen molar-refractivity contribution in [2.45, 2.75) is 24.5 Å². The fourth-order valence-corrected chi connectivity index (χ4v) is 2.37. The van der Waals surface area contributed by atoms with Crippen LogP contribution in [0.5, 0.6) is 0 Å². The van der Waals surface area contributed by atoms with Crippen molar-refractivity contribution in [3.63, 3.8) is 0 Å². The predicted molar refractivity (Wildman–Crippen MR) is 71.4 cm³/mol. The monoisotopic (exact) mass is 268 g/mol. The number of hydrogen-bond donors (Lipinski definition) is 1. The maximum Gasteiger partial charge on any atom is 0.204 e. The Balaban J connectivity index is 2.04. The molecule has 0 radical (unpaired) electrons. The third-order valence-electron chi connectivity index (χ3n) is 2.41. The molecule has 3 nitrogen and oxygen atoms in total. The van der Waals surface area contributed by atoms with Gasteiger partial charge in [0, 0.05) is 4.90 Å². The van der Waals surface area contributed by atoms with Crippen LogP contribution in [0.1, 0.15) is 17.3 Å². The molecule has 0 fully saturated rings. The second kappa shape index (κ2) is 5.02. The van der Waals surface area contributed by atoms with E-state index >= 15 is 0 Å². The molecular formula is C12H13ClN2OS. The molecule has 17 heavy (non-hydrogen) atoms. The lowest BCUT2D eigenvalue weighted by Gasteiger charge is -2.01. The second-order valence-electron chi connectivity index (χ2n) is 3.72. The Morgan fingerprint density at radius 3 is 2.76 bits per heavy atom. The SMILES string of the molecule is Cc1nc(CSc2ccc(N)c(Cl)c2)oc1C. The van der Waals surface area contributed by atoms with Gasteiger partial charge in [-0.3, -0.25) is 0 Å². The Labute approximate surface area is 109 Å². The quantitative estimate of drug-likeness (QED) is 0.679. The highest BCUT2D eigenvalue weighted by molar-refractivity contribution is 7.98. The molecule has 2 rings (SSSR count). The summed E-state index contributed by atoms with van der Waals surface area (Å²) in [5.41, 5.74) is 7.18. The summed E-state index contributed by atoms with van der Waals surface area (Å²) in [6.45, 7) is 3.85. The van der Waals surface area contributed by atoms with Gasteiger partial charge in [0.25, 0.3) is 0 Å². The van der Waals surface area contributed by atoms with Gasteiger partial charge in [-0.2, -0.15) is 0 Å². The third-order valence-corrected chi connectivity index (χ3v) is 3.71. The molecule has 0 aliphatic heterocycles. The number of hydrogen-bond acceptors (Lipinski definition) is 4. The van der Waals surface area contributed by atoms with Crippen molar-refractivity contribution in [1.82, 2.24) is 4.98 Å². The first-order chi connectivity index (χ1) is 8.06. The third kappa shape index (κ3) is 2.96. The Hall–Kier alpha value is -1.13. The average molecular weight is 269 g/mol. The largest absolute Gasteiger partial charge is 0.445 e. The van der Waals surface area contributed by atoms with Gasteiger partial charge in [-0.25, -0.2) is 4.98 Å². The normalized spacial score (nSPS) is 10.8. The molecule has 1 heterocycles. The first-order valence-electron chi connectivity index (χ1n) is 5.17. The number of halogens is 1. The van der Waals surface area contributed by atoms with Gasteiger partial charge in [0.15, 0.2) is 0 Å². The molecule has 5 heteroatoms. The molecule has 2 aromatic rings. The van der Waals surface area contributed by atoms with E-state index in [1.54, 1.807) is 17.8 Å². The Kier molecular flexibility index (Phi) is 3.64. The van der Waals surface area contributed by atoms with E-state index in [0.29, 0.717) is 16.5 Å². The molecule has 1 aromatic carbocycles. The minimum absolute atomic E-state index is 0.578. The van der Waals surface area contributed by atoms with E-state index in [1.165, 1.54) is 0 Å². The van der Waals surface area contributed by atoms with Crippen LogP contribution >= 0.6 is 23.4 Å². The summed E-state index contributed by atoms with van der Waals surface area (Å²) in [7, 11) is 0. The topological polar surface area (TPSA) is 52.0 Å². The summed E-state index contributed by atoms with van der Waals surface area (Å²) in [6.07, 6.45) is 0. The van der Waals surface area contributed by atoms with Gasteiger partial charge < -0.3 is 10.2 Å². The van der Waals surface area contributed by atoms with Gasteiger partial charge in [0.2, 0.25) is 5.89 Å². The molecule has 90 valence electrons. The molecule has 0 saturated heterocycles. The van der Waals surface area contributed by atoms with Crippen LogP contribution in [0.4, 0.5) is 5.69 Å². The summed E-state index contributed by atoms with van der Waals surface area (Å²) in [6, 6.07) is 5.59. The zero-order chi connectivity index (χ0) is 12.4. The molecule has 0 amide bonds. The van der Waals surface area contributed by atoms with E-state index in [2.05, 4.69) is 4.98 Å². The van der Waals surface area contributed by atoms with Crippen molar-refractivity contribution in [3.05, 3.63) is 40.6 Å². The maximum atomic E-state index is 5.95. The molecule has 0 unspecified atom stereocenters. The van der Waals surface area contributed by atoms with Crippen LogP contribution in [0.25, 0.3) is 0 Å². The van der Waals surface area contributed by atoms with Crippen molar-refractivity contribution in [2.75, 3.05) is 5.73 Å². The molecule has 0 spiro atoms. The highest BCUT2D eigenvalue weighted by atomic mass is 35.5. The van der Waals surface area contributed by atoms with Crippen LogP contribution in [0.3, 0.4) is 0 Å². The summed E-state index contributed by atoms with van der Waals surface area (Å²) < 4.78 is 5.50. The van der Waals surface area contributed by atoms with Crippen LogP contribution in [0.15, 0.2) is 27.5 Å². The maximum absolute atomic E-state index is 5.95. The first-order valence-corrected chi connectivity index (χ1v) is 6.53. The van der Waals surface area contributed by atoms with E-state index in [9.17, 15) is 0 Å². The molecule has 0 bridgehead atoms. The van der Waals surface area contributed by atoms with Crippen LogP contribution in [0.2, 0.25) is 5.02 Å². The predicted octanol–water partition coefficient (Wildman–Crippen LogP) is 3.82. The Bertz CT molecular complexity index is 520. The van der Waals surface area contributed by atoms with E-state index in [1.807, 2.05) is 26.0 Å². The molecular weight excluding hydrogens is 256 g/mol. The highest BCUT2D eigenvalue weighted by Gasteiger charge is 2.06. The Morgan fingerprint density at radius 1 is 1.41 bits per heavy atom. The van der Waals surface area contributed by atoms with Gasteiger partial charge >= 0.3 is 0 Å². The van der Waals surface area contributed by atoms with Crippen LogP contribution in [-0.2, 0) is 5.75 Å². The molecule has 2 N–H and O–H groups in total. The number of aromatic nitrogens is 1. The van der Waals surface area contributed by atoms with Crippen molar-refractivity contribution in [1.29, 1.82) is 0 Å². The fourth-order valence-electron chi connectivity index (χ4n) is 1.34. The number of oxazole rings is 1. The Morgan fingerprint density at radius 2 is 2.18 bits per heavy atom. The van der Waals surface area contributed by atoms with Crippen LogP contribution in [-0.4, -0.2) is 4.98 Å². The number of nitrogens with zero attached hydrogens (tertiary/aromatic N) is 1. The number of thioether (sulfide) groups is 1. The highest BCUT2D eigenvalue weighted by Crippen LogP contribution is 2.28. The molecule has 0 aliphatic carbocycles. The van der Waals surface area contributed by atoms with Crippen LogP contribution in [0, 0.1) is 13.8 Å². The lowest BCUT2D eigenvalue weighted by Crippen LogP contribution is -1.86. The van der Waals surface area contributed by atoms with Gasteiger partial charge in [-0.05, 0) is 32.0 Å². The van der Waals surface area contributed by atoms with Gasteiger partial charge in [-0.1, -0.05) is 11.6 Å². The van der Waals surface area contributed by atoms with E-state index < -0.39 is 0 Å². The lowest BCUT2D eigenvalue weighted by atomic mass is 10.3. The summed E-state index contributed by atoms with van der Waals surface area (Å²) >= 11 is 7.57. The standard InChI is InChI=1S/C12H13ClN2OS/c1-7-8(2)16-12(15-7)6-17-9-3-4-11(14)10(13)5-9/h3-5H,6,14H2,1-2H3. The summed E-state index contributed by atoms with van der Waals surface area (Å²) in [4.78, 5) is 5.37. The second-order valence-corrected chi connectivity index (χ2v) is 5.18. The zero-order valence-corrected chi connectivity index (χ0v) is 11.2. The van der Waals surface area contributed by atoms with Crippen molar-refractivity contribution in [2.24, 2.45) is 0 Å². The summed E-state index contributed by atoms with van der Waals surface area (Å²) in [5, 5.41) is 0.578. The average Bonchev–Trinajstić information content (AvgIpc) is 2.60. The zero-order valence-electron chi connectivity index (χ0n) is 9.66. The number of rotatable bonds is 3. The smallest absolute Gasteiger partial charge is 0.204 e. The number of nitrogen functional groups attached to an aromatic ring is 1. The fraction of sp³-hybridized carbons (Fsp3) is 0.250. The number of aryl methyl sites for hydroxylation is 2. The van der Waals surface area contributed by atoms with Crippen LogP contribution < -0.4 is 5.73 Å². The van der Waals surface area contributed by atoms with E-state index in [4.69, 9.17) is 21.8 Å². The van der Waals surface area contributed by atoms with Crippen molar-refractivity contribution < 1.29 is 4.42 Å².